The van der Waals surface area contributed by atoms with Crippen LogP contribution < -0.4 is 5.32 Å². The molecule has 0 aromatic carbocycles. The van der Waals surface area contributed by atoms with Gasteiger partial charge in [0.25, 0.3) is 0 Å². The summed E-state index contributed by atoms with van der Waals surface area (Å²) in [6, 6.07) is 0. The highest BCUT2D eigenvalue weighted by Crippen LogP contribution is 2.31. The topological polar surface area (TPSA) is 67.8 Å². The fraction of sp³-hybridized carbons (Fsp3) is 0.917. The zero-order chi connectivity index (χ0) is 12.5. The first-order valence-corrected chi connectivity index (χ1v) is 6.26. The normalized spacial score (nSPS) is 24.1. The third-order valence-electron chi connectivity index (χ3n) is 3.24. The maximum Gasteiger partial charge on any atom is 0.306 e. The summed E-state index contributed by atoms with van der Waals surface area (Å²) < 4.78 is 10.2. The molecule has 0 spiro atoms. The maximum absolute atomic E-state index is 11.0. The molecule has 0 saturated heterocycles. The van der Waals surface area contributed by atoms with Gasteiger partial charge in [0.05, 0.1) is 25.7 Å². The molecule has 5 nitrogen and oxygen atoms in total. The van der Waals surface area contributed by atoms with Crippen LogP contribution in [0.1, 0.15) is 19.3 Å². The van der Waals surface area contributed by atoms with E-state index in [0.717, 1.165) is 32.4 Å². The Hall–Kier alpha value is -0.650. The molecule has 0 aliphatic heterocycles. The maximum atomic E-state index is 11.0. The van der Waals surface area contributed by atoms with Crippen LogP contribution in [0.2, 0.25) is 0 Å². The van der Waals surface area contributed by atoms with Crippen LogP contribution in [0.25, 0.3) is 0 Å². The van der Waals surface area contributed by atoms with E-state index < -0.39 is 5.97 Å². The van der Waals surface area contributed by atoms with E-state index in [1.807, 2.05) is 0 Å². The predicted octanol–water partition coefficient (Wildman–Crippen LogP) is 0.740. The monoisotopic (exact) mass is 245 g/mol. The van der Waals surface area contributed by atoms with Gasteiger partial charge in [-0.2, -0.15) is 0 Å². The first-order valence-electron chi connectivity index (χ1n) is 6.26. The molecule has 2 atom stereocenters. The van der Waals surface area contributed by atoms with Crippen molar-refractivity contribution in [2.24, 2.45) is 11.8 Å². The first kappa shape index (κ1) is 14.4. The van der Waals surface area contributed by atoms with Crippen molar-refractivity contribution in [3.05, 3.63) is 0 Å². The Morgan fingerprint density at radius 1 is 1.35 bits per heavy atom. The van der Waals surface area contributed by atoms with Crippen LogP contribution in [0.4, 0.5) is 0 Å². The van der Waals surface area contributed by atoms with Gasteiger partial charge in [0.1, 0.15) is 0 Å². The van der Waals surface area contributed by atoms with Crippen LogP contribution in [0.5, 0.6) is 0 Å². The first-order chi connectivity index (χ1) is 8.25. The van der Waals surface area contributed by atoms with Gasteiger partial charge >= 0.3 is 5.97 Å². The van der Waals surface area contributed by atoms with Gasteiger partial charge in [-0.05, 0) is 25.3 Å². The Bertz CT molecular complexity index is 223. The number of carboxylic acids is 1. The molecule has 0 amide bonds. The van der Waals surface area contributed by atoms with Crippen LogP contribution in [0.3, 0.4) is 0 Å². The molecule has 0 radical (unpaired) electrons. The van der Waals surface area contributed by atoms with E-state index >= 15 is 0 Å². The molecule has 2 unspecified atom stereocenters. The number of rotatable bonds is 9. The Labute approximate surface area is 102 Å². The van der Waals surface area contributed by atoms with Crippen molar-refractivity contribution >= 4 is 5.97 Å². The second-order valence-corrected chi connectivity index (χ2v) is 4.45. The number of carbonyl (C=O) groups is 1. The van der Waals surface area contributed by atoms with E-state index in [1.54, 1.807) is 7.11 Å². The molecule has 0 heterocycles. The fourth-order valence-corrected chi connectivity index (χ4v) is 2.28. The predicted molar refractivity (Wildman–Crippen MR) is 64.0 cm³/mol. The minimum atomic E-state index is -0.648. The highest BCUT2D eigenvalue weighted by Gasteiger charge is 2.32. The number of hydrogen-bond acceptors (Lipinski definition) is 4. The Morgan fingerprint density at radius 2 is 2.18 bits per heavy atom. The largest absolute Gasteiger partial charge is 0.481 e. The van der Waals surface area contributed by atoms with E-state index in [-0.39, 0.29) is 11.8 Å². The van der Waals surface area contributed by atoms with Gasteiger partial charge < -0.3 is 19.9 Å². The van der Waals surface area contributed by atoms with E-state index in [2.05, 4.69) is 5.32 Å². The van der Waals surface area contributed by atoms with E-state index in [9.17, 15) is 4.79 Å². The van der Waals surface area contributed by atoms with Gasteiger partial charge in [0.15, 0.2) is 0 Å². The molecule has 2 N–H and O–H groups in total. The zero-order valence-electron chi connectivity index (χ0n) is 10.5. The number of hydrogen-bond donors (Lipinski definition) is 2. The van der Waals surface area contributed by atoms with Gasteiger partial charge in [-0.15, -0.1) is 0 Å². The van der Waals surface area contributed by atoms with Crippen molar-refractivity contribution in [2.45, 2.75) is 19.3 Å². The minimum Gasteiger partial charge on any atom is -0.481 e. The van der Waals surface area contributed by atoms with Gasteiger partial charge in [0, 0.05) is 13.7 Å². The Morgan fingerprint density at radius 3 is 2.88 bits per heavy atom. The summed E-state index contributed by atoms with van der Waals surface area (Å²) in [5, 5.41) is 12.3. The zero-order valence-corrected chi connectivity index (χ0v) is 10.5. The lowest BCUT2D eigenvalue weighted by Crippen LogP contribution is -2.31. The van der Waals surface area contributed by atoms with E-state index in [0.29, 0.717) is 19.8 Å². The fourth-order valence-electron chi connectivity index (χ4n) is 2.28. The summed E-state index contributed by atoms with van der Waals surface area (Å²) in [5.74, 6) is -0.519. The van der Waals surface area contributed by atoms with Crippen molar-refractivity contribution in [2.75, 3.05) is 40.0 Å². The average molecular weight is 245 g/mol. The van der Waals surface area contributed by atoms with Crippen LogP contribution in [0, 0.1) is 11.8 Å². The number of aliphatic carboxylic acids is 1. The summed E-state index contributed by atoms with van der Waals surface area (Å²) in [7, 11) is 1.65. The molecule has 17 heavy (non-hydrogen) atoms. The van der Waals surface area contributed by atoms with Gasteiger partial charge in [0.2, 0.25) is 0 Å². The second kappa shape index (κ2) is 8.44. The van der Waals surface area contributed by atoms with Crippen molar-refractivity contribution in [3.8, 4) is 0 Å². The molecule has 1 aliphatic carbocycles. The van der Waals surface area contributed by atoms with Crippen LogP contribution >= 0.6 is 0 Å². The summed E-state index contributed by atoms with van der Waals surface area (Å²) in [6.45, 7) is 3.42. The van der Waals surface area contributed by atoms with Gasteiger partial charge in [-0.3, -0.25) is 4.79 Å². The lowest BCUT2D eigenvalue weighted by atomic mass is 9.96. The van der Waals surface area contributed by atoms with Crippen LogP contribution in [-0.4, -0.2) is 51.1 Å². The molecule has 1 aliphatic rings. The lowest BCUT2D eigenvalue weighted by molar-refractivity contribution is -0.142. The molecule has 5 heteroatoms. The second-order valence-electron chi connectivity index (χ2n) is 4.45. The molecular formula is C12H23NO4. The summed E-state index contributed by atoms with van der Waals surface area (Å²) in [6.07, 6.45) is 2.88. The molecule has 0 aromatic heterocycles. The third-order valence-corrected chi connectivity index (χ3v) is 3.24. The number of ether oxygens (including phenoxy) is 2. The average Bonchev–Trinajstić information content (AvgIpc) is 2.76. The number of nitrogens with one attached hydrogen (secondary N) is 1. The Kier molecular flexibility index (Phi) is 7.16. The molecular weight excluding hydrogens is 222 g/mol. The van der Waals surface area contributed by atoms with Crippen molar-refractivity contribution in [1.29, 1.82) is 0 Å². The molecule has 0 bridgehead atoms. The molecule has 100 valence electrons. The molecule has 1 fully saturated rings. The molecule has 0 aromatic rings. The van der Waals surface area contributed by atoms with Crippen LogP contribution in [-0.2, 0) is 14.3 Å². The smallest absolute Gasteiger partial charge is 0.306 e. The van der Waals surface area contributed by atoms with E-state index in [1.165, 1.54) is 0 Å². The highest BCUT2D eigenvalue weighted by atomic mass is 16.5. The SMILES string of the molecule is COCCOCCNCC1CCCC1C(=O)O. The van der Waals surface area contributed by atoms with Crippen LogP contribution in [0.15, 0.2) is 0 Å². The lowest BCUT2D eigenvalue weighted by Gasteiger charge is -2.16. The minimum absolute atomic E-state index is 0.156. The summed E-state index contributed by atoms with van der Waals surface area (Å²) in [4.78, 5) is 11.0. The van der Waals surface area contributed by atoms with Gasteiger partial charge in [-0.25, -0.2) is 0 Å². The third kappa shape index (κ3) is 5.48. The quantitative estimate of drug-likeness (QED) is 0.586. The number of methoxy groups -OCH3 is 1. The standard InChI is InChI=1S/C12H23NO4/c1-16-7-8-17-6-5-13-9-10-3-2-4-11(10)12(14)15/h10-11,13H,2-9H2,1H3,(H,14,15). The van der Waals surface area contributed by atoms with Crippen molar-refractivity contribution < 1.29 is 19.4 Å². The molecule has 1 rings (SSSR count). The highest BCUT2D eigenvalue weighted by molar-refractivity contribution is 5.70. The van der Waals surface area contributed by atoms with E-state index in [4.69, 9.17) is 14.6 Å². The van der Waals surface area contributed by atoms with Crippen molar-refractivity contribution in [3.63, 3.8) is 0 Å². The number of carboxylic acid groups (broad SMARTS) is 1. The summed E-state index contributed by atoms with van der Waals surface area (Å²) in [5.41, 5.74) is 0. The molecule has 1 saturated carbocycles. The van der Waals surface area contributed by atoms with Crippen molar-refractivity contribution in [1.82, 2.24) is 5.32 Å². The summed E-state index contributed by atoms with van der Waals surface area (Å²) >= 11 is 0. The van der Waals surface area contributed by atoms with Gasteiger partial charge in [-0.1, -0.05) is 6.42 Å². The Balaban J connectivity index is 2.00.